The van der Waals surface area contributed by atoms with Crippen molar-refractivity contribution in [2.75, 3.05) is 13.1 Å². The van der Waals surface area contributed by atoms with Gasteiger partial charge < -0.3 is 10.6 Å². The van der Waals surface area contributed by atoms with Crippen LogP contribution in [-0.4, -0.2) is 19.1 Å². The Labute approximate surface area is 44.3 Å². The Morgan fingerprint density at radius 2 is 2.57 bits per heavy atom. The third-order valence-electron chi connectivity index (χ3n) is 1.10. The van der Waals surface area contributed by atoms with Gasteiger partial charge in [0.25, 0.3) is 0 Å². The smallest absolute Gasteiger partial charge is 0.0361 e. The highest BCUT2D eigenvalue weighted by molar-refractivity contribution is 4.78. The van der Waals surface area contributed by atoms with E-state index in [1.54, 1.807) is 0 Å². The molecule has 0 amide bonds. The zero-order valence-corrected chi connectivity index (χ0v) is 4.57. The lowest BCUT2D eigenvalue weighted by molar-refractivity contribution is 0.488. The molecule has 0 aromatic rings. The second-order valence-corrected chi connectivity index (χ2v) is 1.93. The van der Waals surface area contributed by atoms with E-state index in [0.717, 1.165) is 13.1 Å². The predicted octanol–water partition coefficient (Wildman–Crippen LogP) is -0.271. The van der Waals surface area contributed by atoms with Gasteiger partial charge in [-0.05, 0) is 6.92 Å². The van der Waals surface area contributed by atoms with E-state index in [9.17, 15) is 0 Å². The Bertz CT molecular complexity index is 48.0. The second-order valence-electron chi connectivity index (χ2n) is 1.93. The standard InChI is InChI=1S/C5H11N2/c1-5-4-6-2-3-7-5/h3,5-7H,2,4H2,1H3. The molecule has 0 spiro atoms. The van der Waals surface area contributed by atoms with Crippen LogP contribution >= 0.6 is 0 Å². The molecule has 2 nitrogen and oxygen atoms in total. The van der Waals surface area contributed by atoms with Gasteiger partial charge in [0.05, 0.1) is 0 Å². The van der Waals surface area contributed by atoms with Crippen molar-refractivity contribution in [2.45, 2.75) is 13.0 Å². The van der Waals surface area contributed by atoms with Gasteiger partial charge in [-0.15, -0.1) is 0 Å². The summed E-state index contributed by atoms with van der Waals surface area (Å²) >= 11 is 0. The number of piperazine rings is 1. The first-order valence-corrected chi connectivity index (χ1v) is 2.68. The van der Waals surface area contributed by atoms with Crippen molar-refractivity contribution in [3.05, 3.63) is 6.54 Å². The maximum absolute atomic E-state index is 3.22. The molecule has 1 saturated heterocycles. The van der Waals surface area contributed by atoms with E-state index in [1.165, 1.54) is 0 Å². The van der Waals surface area contributed by atoms with Crippen LogP contribution in [0.3, 0.4) is 0 Å². The second kappa shape index (κ2) is 2.28. The summed E-state index contributed by atoms with van der Waals surface area (Å²) < 4.78 is 0. The summed E-state index contributed by atoms with van der Waals surface area (Å²) in [7, 11) is 0. The summed E-state index contributed by atoms with van der Waals surface area (Å²) in [4.78, 5) is 0. The van der Waals surface area contributed by atoms with Crippen LogP contribution < -0.4 is 10.6 Å². The van der Waals surface area contributed by atoms with Crippen LogP contribution in [0.2, 0.25) is 0 Å². The highest BCUT2D eigenvalue weighted by Gasteiger charge is 2.03. The van der Waals surface area contributed by atoms with Gasteiger partial charge >= 0.3 is 0 Å². The SMILES string of the molecule is CC1CNC[CH]N1. The first-order chi connectivity index (χ1) is 3.39. The van der Waals surface area contributed by atoms with Crippen LogP contribution in [0.15, 0.2) is 0 Å². The van der Waals surface area contributed by atoms with Crippen molar-refractivity contribution in [1.82, 2.24) is 10.6 Å². The summed E-state index contributed by atoms with van der Waals surface area (Å²) in [5, 5.41) is 6.41. The molecule has 1 aliphatic heterocycles. The summed E-state index contributed by atoms with van der Waals surface area (Å²) in [6.07, 6.45) is 0. The summed E-state index contributed by atoms with van der Waals surface area (Å²) in [6, 6.07) is 0.619. The molecule has 1 aliphatic rings. The number of hydrogen-bond acceptors (Lipinski definition) is 2. The maximum Gasteiger partial charge on any atom is 0.0361 e. The molecule has 1 rings (SSSR count). The van der Waals surface area contributed by atoms with Crippen LogP contribution in [0, 0.1) is 6.54 Å². The van der Waals surface area contributed by atoms with Crippen LogP contribution in [0.1, 0.15) is 6.92 Å². The average Bonchev–Trinajstić information content (AvgIpc) is 1.69. The van der Waals surface area contributed by atoms with E-state index in [-0.39, 0.29) is 0 Å². The average molecular weight is 99.2 g/mol. The van der Waals surface area contributed by atoms with Gasteiger partial charge in [-0.3, -0.25) is 0 Å². The first-order valence-electron chi connectivity index (χ1n) is 2.68. The fraction of sp³-hybridized carbons (Fsp3) is 0.800. The monoisotopic (exact) mass is 99.1 g/mol. The Morgan fingerprint density at radius 1 is 1.71 bits per heavy atom. The lowest BCUT2D eigenvalue weighted by Crippen LogP contribution is -2.43. The molecule has 0 aromatic heterocycles. The highest BCUT2D eigenvalue weighted by Crippen LogP contribution is 1.84. The van der Waals surface area contributed by atoms with Gasteiger partial charge in [0, 0.05) is 25.7 Å². The molecule has 7 heavy (non-hydrogen) atoms. The number of nitrogens with one attached hydrogen (secondary N) is 2. The minimum absolute atomic E-state index is 0.619. The lowest BCUT2D eigenvalue weighted by atomic mass is 10.3. The van der Waals surface area contributed by atoms with Crippen molar-refractivity contribution in [1.29, 1.82) is 0 Å². The van der Waals surface area contributed by atoms with E-state index < -0.39 is 0 Å². The van der Waals surface area contributed by atoms with E-state index in [1.807, 2.05) is 6.54 Å². The van der Waals surface area contributed by atoms with Gasteiger partial charge in [0.1, 0.15) is 0 Å². The van der Waals surface area contributed by atoms with Crippen molar-refractivity contribution >= 4 is 0 Å². The van der Waals surface area contributed by atoms with Crippen LogP contribution in [0.5, 0.6) is 0 Å². The Kier molecular flexibility index (Phi) is 1.65. The predicted molar refractivity (Wildman–Crippen MR) is 29.8 cm³/mol. The summed E-state index contributed by atoms with van der Waals surface area (Å²) in [5.74, 6) is 0. The van der Waals surface area contributed by atoms with Crippen LogP contribution in [0.4, 0.5) is 0 Å². The topological polar surface area (TPSA) is 24.1 Å². The largest absolute Gasteiger partial charge is 0.314 e. The fourth-order valence-corrected chi connectivity index (χ4v) is 0.691. The lowest BCUT2D eigenvalue weighted by Gasteiger charge is -2.19. The van der Waals surface area contributed by atoms with E-state index in [2.05, 4.69) is 17.6 Å². The quantitative estimate of drug-likeness (QED) is 0.437. The number of hydrogen-bond donors (Lipinski definition) is 2. The highest BCUT2D eigenvalue weighted by atomic mass is 15.0. The van der Waals surface area contributed by atoms with Crippen molar-refractivity contribution in [2.24, 2.45) is 0 Å². The molecule has 0 aromatic carbocycles. The molecule has 41 valence electrons. The minimum Gasteiger partial charge on any atom is -0.314 e. The summed E-state index contributed by atoms with van der Waals surface area (Å²) in [6.45, 7) is 6.30. The van der Waals surface area contributed by atoms with E-state index in [0.29, 0.717) is 6.04 Å². The maximum atomic E-state index is 3.22. The van der Waals surface area contributed by atoms with Crippen molar-refractivity contribution in [3.63, 3.8) is 0 Å². The van der Waals surface area contributed by atoms with Gasteiger partial charge in [0.15, 0.2) is 0 Å². The number of rotatable bonds is 0. The van der Waals surface area contributed by atoms with Gasteiger partial charge in [-0.1, -0.05) is 0 Å². The van der Waals surface area contributed by atoms with E-state index in [4.69, 9.17) is 0 Å². The Hall–Kier alpha value is -0.0800. The van der Waals surface area contributed by atoms with Gasteiger partial charge in [-0.2, -0.15) is 0 Å². The fourth-order valence-electron chi connectivity index (χ4n) is 0.691. The Balaban J connectivity index is 2.12. The van der Waals surface area contributed by atoms with Crippen LogP contribution in [-0.2, 0) is 0 Å². The Morgan fingerprint density at radius 3 is 2.86 bits per heavy atom. The van der Waals surface area contributed by atoms with Crippen LogP contribution in [0.25, 0.3) is 0 Å². The zero-order chi connectivity index (χ0) is 5.11. The van der Waals surface area contributed by atoms with E-state index >= 15 is 0 Å². The van der Waals surface area contributed by atoms with Gasteiger partial charge in [0.2, 0.25) is 0 Å². The molecular formula is C5H11N2. The molecule has 1 heterocycles. The molecule has 0 saturated carbocycles. The molecule has 1 radical (unpaired) electrons. The first kappa shape index (κ1) is 5.06. The zero-order valence-electron chi connectivity index (χ0n) is 4.57. The molecular weight excluding hydrogens is 88.1 g/mol. The molecule has 1 fully saturated rings. The molecule has 0 bridgehead atoms. The third kappa shape index (κ3) is 1.45. The molecule has 2 heteroatoms. The molecule has 0 aliphatic carbocycles. The molecule has 2 N–H and O–H groups in total. The van der Waals surface area contributed by atoms with Gasteiger partial charge in [-0.25, -0.2) is 0 Å². The molecule has 1 atom stereocenters. The summed E-state index contributed by atoms with van der Waals surface area (Å²) in [5.41, 5.74) is 0. The van der Waals surface area contributed by atoms with Crippen molar-refractivity contribution < 1.29 is 0 Å². The molecule has 1 unspecified atom stereocenters. The third-order valence-corrected chi connectivity index (χ3v) is 1.10. The normalized spacial score (nSPS) is 33.0. The minimum atomic E-state index is 0.619. The van der Waals surface area contributed by atoms with Crippen molar-refractivity contribution in [3.8, 4) is 0 Å².